The van der Waals surface area contributed by atoms with Gasteiger partial charge in [0.2, 0.25) is 0 Å². The molecule has 2 heterocycles. The highest BCUT2D eigenvalue weighted by Gasteiger charge is 2.18. The minimum atomic E-state index is -0.0498. The van der Waals surface area contributed by atoms with Crippen molar-refractivity contribution in [2.75, 3.05) is 6.61 Å². The first-order chi connectivity index (χ1) is 9.56. The summed E-state index contributed by atoms with van der Waals surface area (Å²) in [5.74, 6) is -0.0498. The molecule has 106 valence electrons. The highest BCUT2D eigenvalue weighted by Crippen LogP contribution is 2.26. The molecule has 3 nitrogen and oxygen atoms in total. The average molecular weight is 310 g/mol. The number of rotatable bonds is 5. The quantitative estimate of drug-likeness (QED) is 0.680. The van der Waals surface area contributed by atoms with Gasteiger partial charge in [0.25, 0.3) is 0 Å². The van der Waals surface area contributed by atoms with Gasteiger partial charge in [0, 0.05) is 33.7 Å². The minimum Gasteiger partial charge on any atom is -0.396 e. The lowest BCUT2D eigenvalue weighted by Gasteiger charge is -2.07. The SMILES string of the molecule is CCc1cc(C(=O)c2cc(Cl)ncc2CCO)c(C)s1. The van der Waals surface area contributed by atoms with Gasteiger partial charge >= 0.3 is 0 Å². The van der Waals surface area contributed by atoms with Gasteiger partial charge in [-0.1, -0.05) is 18.5 Å². The van der Waals surface area contributed by atoms with Gasteiger partial charge in [-0.15, -0.1) is 11.3 Å². The van der Waals surface area contributed by atoms with Crippen molar-refractivity contribution in [3.05, 3.63) is 49.9 Å². The number of aromatic nitrogens is 1. The van der Waals surface area contributed by atoms with E-state index in [2.05, 4.69) is 11.9 Å². The van der Waals surface area contributed by atoms with Gasteiger partial charge in [-0.25, -0.2) is 4.98 Å². The summed E-state index contributed by atoms with van der Waals surface area (Å²) in [5.41, 5.74) is 1.97. The Labute approximate surface area is 127 Å². The Kier molecular flexibility index (Phi) is 4.91. The van der Waals surface area contributed by atoms with Crippen LogP contribution >= 0.6 is 22.9 Å². The van der Waals surface area contributed by atoms with Crippen molar-refractivity contribution in [1.82, 2.24) is 4.98 Å². The fourth-order valence-corrected chi connectivity index (χ4v) is 3.21. The number of pyridine rings is 1. The number of carbonyl (C=O) groups is 1. The molecule has 0 saturated heterocycles. The summed E-state index contributed by atoms with van der Waals surface area (Å²) in [6.07, 6.45) is 2.88. The number of nitrogens with zero attached hydrogens (tertiary/aromatic N) is 1. The predicted molar refractivity (Wildman–Crippen MR) is 81.9 cm³/mol. The maximum Gasteiger partial charge on any atom is 0.194 e. The van der Waals surface area contributed by atoms with E-state index in [1.165, 1.54) is 4.88 Å². The summed E-state index contributed by atoms with van der Waals surface area (Å²) in [7, 11) is 0. The number of hydrogen-bond donors (Lipinski definition) is 1. The molecule has 0 saturated carbocycles. The van der Waals surface area contributed by atoms with E-state index in [0.717, 1.165) is 16.9 Å². The van der Waals surface area contributed by atoms with Crippen LogP contribution in [0.3, 0.4) is 0 Å². The summed E-state index contributed by atoms with van der Waals surface area (Å²) in [5, 5.41) is 9.38. The first-order valence-corrected chi connectivity index (χ1v) is 7.65. The molecule has 0 aliphatic heterocycles. The molecule has 20 heavy (non-hydrogen) atoms. The summed E-state index contributed by atoms with van der Waals surface area (Å²) >= 11 is 7.54. The van der Waals surface area contributed by atoms with Gasteiger partial charge in [0.15, 0.2) is 5.78 Å². The molecule has 1 N–H and O–H groups in total. The van der Waals surface area contributed by atoms with Crippen LogP contribution in [-0.4, -0.2) is 22.5 Å². The van der Waals surface area contributed by atoms with Crippen LogP contribution in [0, 0.1) is 6.92 Å². The monoisotopic (exact) mass is 309 g/mol. The van der Waals surface area contributed by atoms with Gasteiger partial charge in [-0.3, -0.25) is 4.79 Å². The fraction of sp³-hybridized carbons (Fsp3) is 0.333. The van der Waals surface area contributed by atoms with Gasteiger partial charge in [0.05, 0.1) is 0 Å². The van der Waals surface area contributed by atoms with Crippen molar-refractivity contribution in [2.45, 2.75) is 26.7 Å². The van der Waals surface area contributed by atoms with Crippen LogP contribution < -0.4 is 0 Å². The Morgan fingerprint density at radius 1 is 1.40 bits per heavy atom. The van der Waals surface area contributed by atoms with E-state index in [-0.39, 0.29) is 12.4 Å². The Morgan fingerprint density at radius 2 is 2.15 bits per heavy atom. The predicted octanol–water partition coefficient (Wildman–Crippen LogP) is 3.43. The standard InChI is InChI=1S/C15H16ClNO2S/c1-3-11-6-12(9(2)20-11)15(19)13-7-14(16)17-8-10(13)4-5-18/h6-8,18H,3-5H2,1-2H3. The molecular weight excluding hydrogens is 294 g/mol. The fourth-order valence-electron chi connectivity index (χ4n) is 2.08. The summed E-state index contributed by atoms with van der Waals surface area (Å²) < 4.78 is 0. The molecule has 0 aromatic carbocycles. The lowest BCUT2D eigenvalue weighted by atomic mass is 9.99. The number of aryl methyl sites for hydroxylation is 2. The zero-order valence-electron chi connectivity index (χ0n) is 11.4. The van der Waals surface area contributed by atoms with Crippen LogP contribution in [0.15, 0.2) is 18.3 Å². The van der Waals surface area contributed by atoms with Crippen molar-refractivity contribution < 1.29 is 9.90 Å². The Bertz CT molecular complexity index is 637. The van der Waals surface area contributed by atoms with Crippen molar-refractivity contribution in [2.24, 2.45) is 0 Å². The number of ketones is 1. The number of aliphatic hydroxyl groups excluding tert-OH is 1. The number of carbonyl (C=O) groups excluding carboxylic acids is 1. The molecule has 0 amide bonds. The molecule has 2 aromatic heterocycles. The van der Waals surface area contributed by atoms with Gasteiger partial charge in [-0.2, -0.15) is 0 Å². The summed E-state index contributed by atoms with van der Waals surface area (Å²) in [6.45, 7) is 4.00. The molecule has 0 fully saturated rings. The topological polar surface area (TPSA) is 50.2 Å². The van der Waals surface area contributed by atoms with Crippen molar-refractivity contribution in [1.29, 1.82) is 0 Å². The minimum absolute atomic E-state index is 0.0214. The molecule has 5 heteroatoms. The molecule has 0 aliphatic carbocycles. The van der Waals surface area contributed by atoms with E-state index in [9.17, 15) is 4.79 Å². The highest BCUT2D eigenvalue weighted by molar-refractivity contribution is 7.12. The van der Waals surface area contributed by atoms with E-state index >= 15 is 0 Å². The average Bonchev–Trinajstić information content (AvgIpc) is 2.81. The van der Waals surface area contributed by atoms with Crippen molar-refractivity contribution >= 4 is 28.7 Å². The lowest BCUT2D eigenvalue weighted by Crippen LogP contribution is -2.08. The van der Waals surface area contributed by atoms with E-state index < -0.39 is 0 Å². The Morgan fingerprint density at radius 3 is 2.75 bits per heavy atom. The van der Waals surface area contributed by atoms with Crippen molar-refractivity contribution in [3.63, 3.8) is 0 Å². The summed E-state index contributed by atoms with van der Waals surface area (Å²) in [4.78, 5) is 18.9. The first-order valence-electron chi connectivity index (χ1n) is 6.46. The second kappa shape index (κ2) is 6.48. The zero-order valence-corrected chi connectivity index (χ0v) is 13.0. The number of halogens is 1. The Hall–Kier alpha value is -1.23. The van der Waals surface area contributed by atoms with Crippen LogP contribution in [0.4, 0.5) is 0 Å². The number of aliphatic hydroxyl groups is 1. The number of thiophene rings is 1. The Balaban J connectivity index is 2.46. The van der Waals surface area contributed by atoms with Crippen molar-refractivity contribution in [3.8, 4) is 0 Å². The molecule has 0 atom stereocenters. The molecule has 0 unspecified atom stereocenters. The largest absolute Gasteiger partial charge is 0.396 e. The van der Waals surface area contributed by atoms with Crippen LogP contribution in [0.1, 0.15) is 38.2 Å². The first kappa shape index (κ1) is 15.2. The second-order valence-corrected chi connectivity index (χ2v) is 6.23. The van der Waals surface area contributed by atoms with Crippen LogP contribution in [0.25, 0.3) is 0 Å². The molecular formula is C15H16ClNO2S. The third-order valence-electron chi connectivity index (χ3n) is 3.14. The van der Waals surface area contributed by atoms with E-state index in [1.807, 2.05) is 13.0 Å². The molecule has 0 aliphatic rings. The lowest BCUT2D eigenvalue weighted by molar-refractivity contribution is 0.103. The molecule has 2 aromatic rings. The zero-order chi connectivity index (χ0) is 14.7. The van der Waals surface area contributed by atoms with E-state index in [4.69, 9.17) is 16.7 Å². The van der Waals surface area contributed by atoms with Crippen LogP contribution in [-0.2, 0) is 12.8 Å². The molecule has 0 spiro atoms. The molecule has 0 bridgehead atoms. The van der Waals surface area contributed by atoms with Gasteiger partial charge in [0.1, 0.15) is 5.15 Å². The van der Waals surface area contributed by atoms with E-state index in [0.29, 0.717) is 22.7 Å². The maximum absolute atomic E-state index is 12.7. The van der Waals surface area contributed by atoms with Gasteiger partial charge < -0.3 is 5.11 Å². The summed E-state index contributed by atoms with van der Waals surface area (Å²) in [6, 6.07) is 3.52. The third kappa shape index (κ3) is 3.08. The highest BCUT2D eigenvalue weighted by atomic mass is 35.5. The molecule has 2 rings (SSSR count). The smallest absolute Gasteiger partial charge is 0.194 e. The van der Waals surface area contributed by atoms with Gasteiger partial charge in [-0.05, 0) is 37.5 Å². The normalized spacial score (nSPS) is 10.8. The number of hydrogen-bond acceptors (Lipinski definition) is 4. The van der Waals surface area contributed by atoms with Crippen LogP contribution in [0.5, 0.6) is 0 Å². The maximum atomic E-state index is 12.7. The van der Waals surface area contributed by atoms with E-state index in [1.54, 1.807) is 23.6 Å². The molecule has 0 radical (unpaired) electrons. The van der Waals surface area contributed by atoms with Crippen LogP contribution in [0.2, 0.25) is 5.15 Å². The second-order valence-electron chi connectivity index (χ2n) is 4.50. The third-order valence-corrected chi connectivity index (χ3v) is 4.54.